The van der Waals surface area contributed by atoms with Crippen molar-refractivity contribution in [1.82, 2.24) is 5.32 Å². The molecular formula is C45H85NO8. The zero-order valence-electron chi connectivity index (χ0n) is 34.7. The number of amides is 1. The molecule has 6 N–H and O–H groups in total. The van der Waals surface area contributed by atoms with Gasteiger partial charge in [0, 0.05) is 6.42 Å². The normalized spacial score (nSPS) is 21.6. The van der Waals surface area contributed by atoms with Crippen molar-refractivity contribution in [3.8, 4) is 0 Å². The van der Waals surface area contributed by atoms with E-state index < -0.39 is 49.5 Å². The average molecular weight is 768 g/mol. The van der Waals surface area contributed by atoms with E-state index >= 15 is 0 Å². The van der Waals surface area contributed by atoms with Crippen LogP contribution in [0, 0.1) is 0 Å². The lowest BCUT2D eigenvalue weighted by molar-refractivity contribution is -0.302. The second-order valence-electron chi connectivity index (χ2n) is 15.8. The van der Waals surface area contributed by atoms with Gasteiger partial charge in [-0.25, -0.2) is 0 Å². The Morgan fingerprint density at radius 1 is 0.611 bits per heavy atom. The molecule has 54 heavy (non-hydrogen) atoms. The highest BCUT2D eigenvalue weighted by Gasteiger charge is 2.44. The van der Waals surface area contributed by atoms with Gasteiger partial charge in [-0.1, -0.05) is 173 Å². The number of aliphatic hydroxyl groups excluding tert-OH is 5. The maximum Gasteiger partial charge on any atom is 0.220 e. The van der Waals surface area contributed by atoms with E-state index in [1.807, 2.05) is 6.08 Å². The Morgan fingerprint density at radius 2 is 1.04 bits per heavy atom. The summed E-state index contributed by atoms with van der Waals surface area (Å²) in [6.45, 7) is 3.69. The van der Waals surface area contributed by atoms with E-state index in [0.717, 1.165) is 44.9 Å². The molecule has 0 aromatic carbocycles. The molecule has 318 valence electrons. The second kappa shape index (κ2) is 36.0. The first-order chi connectivity index (χ1) is 26.3. The molecule has 1 aliphatic rings. The molecule has 0 radical (unpaired) electrons. The van der Waals surface area contributed by atoms with Gasteiger partial charge in [0.05, 0.1) is 25.4 Å². The van der Waals surface area contributed by atoms with Crippen LogP contribution in [0.15, 0.2) is 24.3 Å². The van der Waals surface area contributed by atoms with Crippen LogP contribution in [0.4, 0.5) is 0 Å². The fourth-order valence-electron chi connectivity index (χ4n) is 7.09. The molecule has 0 aromatic rings. The minimum atomic E-state index is -1.56. The first-order valence-corrected chi connectivity index (χ1v) is 22.6. The molecular weight excluding hydrogens is 682 g/mol. The SMILES string of the molecule is CCCCCC/C=C/C(O)C(COC1OC(CO)C(O)C(O)C1O)NC(=O)CCCCCCCCCCCCCCC/C=C\CCCCCCCCCC. The first kappa shape index (κ1) is 50.7. The number of unbranched alkanes of at least 4 members (excludes halogenated alkanes) is 25. The lowest BCUT2D eigenvalue weighted by Gasteiger charge is -2.40. The lowest BCUT2D eigenvalue weighted by Crippen LogP contribution is -2.60. The Hall–Kier alpha value is -1.33. The number of hydrogen-bond donors (Lipinski definition) is 6. The van der Waals surface area contributed by atoms with Crippen molar-refractivity contribution in [1.29, 1.82) is 0 Å². The van der Waals surface area contributed by atoms with Crippen molar-refractivity contribution in [2.75, 3.05) is 13.2 Å². The summed E-state index contributed by atoms with van der Waals surface area (Å²) in [5.74, 6) is -0.182. The maximum atomic E-state index is 12.9. The highest BCUT2D eigenvalue weighted by atomic mass is 16.7. The van der Waals surface area contributed by atoms with Crippen molar-refractivity contribution in [3.05, 3.63) is 24.3 Å². The molecule has 0 spiro atoms. The van der Waals surface area contributed by atoms with Gasteiger partial charge in [0.15, 0.2) is 6.29 Å². The number of ether oxygens (including phenoxy) is 2. The van der Waals surface area contributed by atoms with Crippen LogP contribution in [0.2, 0.25) is 0 Å². The summed E-state index contributed by atoms with van der Waals surface area (Å²) < 4.78 is 11.1. The summed E-state index contributed by atoms with van der Waals surface area (Å²) in [4.78, 5) is 12.9. The molecule has 7 atom stereocenters. The number of aliphatic hydroxyl groups is 5. The second-order valence-corrected chi connectivity index (χ2v) is 15.8. The molecule has 1 amide bonds. The van der Waals surface area contributed by atoms with Crippen LogP contribution in [0.25, 0.3) is 0 Å². The van der Waals surface area contributed by atoms with Crippen LogP contribution in [0.1, 0.15) is 200 Å². The molecule has 0 aliphatic carbocycles. The summed E-state index contributed by atoms with van der Waals surface area (Å²) in [7, 11) is 0. The van der Waals surface area contributed by atoms with E-state index in [-0.39, 0.29) is 12.5 Å². The Kier molecular flexibility index (Phi) is 33.8. The van der Waals surface area contributed by atoms with E-state index in [1.165, 1.54) is 135 Å². The summed E-state index contributed by atoms with van der Waals surface area (Å²) in [5, 5.41) is 53.7. The molecule has 9 heteroatoms. The highest BCUT2D eigenvalue weighted by Crippen LogP contribution is 2.22. The van der Waals surface area contributed by atoms with Gasteiger partial charge in [-0.2, -0.15) is 0 Å². The molecule has 1 fully saturated rings. The molecule has 1 rings (SSSR count). The van der Waals surface area contributed by atoms with E-state index in [4.69, 9.17) is 9.47 Å². The van der Waals surface area contributed by atoms with Gasteiger partial charge in [-0.15, -0.1) is 0 Å². The smallest absolute Gasteiger partial charge is 0.220 e. The van der Waals surface area contributed by atoms with Crippen LogP contribution in [0.3, 0.4) is 0 Å². The minimum Gasteiger partial charge on any atom is -0.394 e. The average Bonchev–Trinajstić information content (AvgIpc) is 3.17. The number of nitrogens with one attached hydrogen (secondary N) is 1. The van der Waals surface area contributed by atoms with Gasteiger partial charge in [-0.3, -0.25) is 4.79 Å². The van der Waals surface area contributed by atoms with Crippen molar-refractivity contribution >= 4 is 5.91 Å². The van der Waals surface area contributed by atoms with Gasteiger partial charge in [0.2, 0.25) is 5.91 Å². The van der Waals surface area contributed by atoms with Crippen LogP contribution in [-0.4, -0.2) is 87.5 Å². The first-order valence-electron chi connectivity index (χ1n) is 22.6. The standard InChI is InChI=1S/C45H85NO8/c1-3-5-7-9-11-12-13-14-15-16-17-18-19-20-21-22-23-24-25-26-27-28-29-31-33-35-41(49)46-38(39(48)34-32-30-10-8-6-4-2)37-53-45-44(52)43(51)42(50)40(36-47)54-45/h16-17,32,34,38-40,42-45,47-48,50-52H,3-15,18-31,33,35-37H2,1-2H3,(H,46,49)/b17-16-,34-32+. The zero-order chi connectivity index (χ0) is 39.5. The summed E-state index contributed by atoms with van der Waals surface area (Å²) in [5.41, 5.74) is 0. The number of carbonyl (C=O) groups is 1. The third kappa shape index (κ3) is 26.5. The molecule has 1 heterocycles. The molecule has 0 bridgehead atoms. The van der Waals surface area contributed by atoms with Crippen LogP contribution >= 0.6 is 0 Å². The molecule has 7 unspecified atom stereocenters. The highest BCUT2D eigenvalue weighted by molar-refractivity contribution is 5.76. The Labute approximate surface area is 330 Å². The fourth-order valence-corrected chi connectivity index (χ4v) is 7.09. The molecule has 1 saturated heterocycles. The van der Waals surface area contributed by atoms with Crippen LogP contribution in [0.5, 0.6) is 0 Å². The summed E-state index contributed by atoms with van der Waals surface area (Å²) in [6, 6.07) is -0.798. The predicted molar refractivity (Wildman–Crippen MR) is 221 cm³/mol. The summed E-state index contributed by atoms with van der Waals surface area (Å²) in [6.07, 6.45) is 35.6. The molecule has 1 aliphatic heterocycles. The fraction of sp³-hybridized carbons (Fsp3) is 0.889. The topological polar surface area (TPSA) is 149 Å². The number of carbonyl (C=O) groups excluding carboxylic acids is 1. The molecule has 0 aromatic heterocycles. The van der Waals surface area contributed by atoms with Crippen molar-refractivity contribution in [2.24, 2.45) is 0 Å². The number of hydrogen-bond acceptors (Lipinski definition) is 8. The van der Waals surface area contributed by atoms with Gasteiger partial charge in [0.25, 0.3) is 0 Å². The van der Waals surface area contributed by atoms with E-state index in [0.29, 0.717) is 6.42 Å². The summed E-state index contributed by atoms with van der Waals surface area (Å²) >= 11 is 0. The Bertz CT molecular complexity index is 899. The third-order valence-electron chi connectivity index (χ3n) is 10.8. The van der Waals surface area contributed by atoms with Crippen LogP contribution in [-0.2, 0) is 14.3 Å². The Morgan fingerprint density at radius 3 is 1.52 bits per heavy atom. The maximum absolute atomic E-state index is 12.9. The molecule has 0 saturated carbocycles. The Balaban J connectivity index is 2.15. The quantitative estimate of drug-likeness (QED) is 0.0271. The van der Waals surface area contributed by atoms with E-state index in [9.17, 15) is 30.3 Å². The van der Waals surface area contributed by atoms with Gasteiger partial charge in [0.1, 0.15) is 24.4 Å². The van der Waals surface area contributed by atoms with Gasteiger partial charge >= 0.3 is 0 Å². The zero-order valence-corrected chi connectivity index (χ0v) is 34.7. The van der Waals surface area contributed by atoms with Crippen LogP contribution < -0.4 is 5.32 Å². The lowest BCUT2D eigenvalue weighted by atomic mass is 9.99. The van der Waals surface area contributed by atoms with Crippen molar-refractivity contribution in [3.63, 3.8) is 0 Å². The third-order valence-corrected chi connectivity index (χ3v) is 10.8. The van der Waals surface area contributed by atoms with E-state index in [2.05, 4.69) is 31.3 Å². The van der Waals surface area contributed by atoms with Gasteiger partial charge in [-0.05, 0) is 44.9 Å². The van der Waals surface area contributed by atoms with Crippen molar-refractivity contribution in [2.45, 2.75) is 243 Å². The van der Waals surface area contributed by atoms with Crippen molar-refractivity contribution < 1.29 is 39.8 Å². The number of rotatable bonds is 37. The molecule has 9 nitrogen and oxygen atoms in total. The number of allylic oxidation sites excluding steroid dienone is 3. The largest absolute Gasteiger partial charge is 0.394 e. The minimum absolute atomic E-state index is 0.182. The van der Waals surface area contributed by atoms with E-state index in [1.54, 1.807) is 6.08 Å². The van der Waals surface area contributed by atoms with Gasteiger partial charge < -0.3 is 40.3 Å². The predicted octanol–water partition coefficient (Wildman–Crippen LogP) is 9.11. The monoisotopic (exact) mass is 768 g/mol.